The maximum Gasteiger partial charge on any atom is 0.297 e. The minimum atomic E-state index is 0.388. The molecule has 222 valence electrons. The van der Waals surface area contributed by atoms with Crippen LogP contribution in [-0.4, -0.2) is 4.57 Å². The van der Waals surface area contributed by atoms with Crippen LogP contribution < -0.4 is 4.57 Å². The Bertz CT molecular complexity index is 2390. The van der Waals surface area contributed by atoms with Crippen LogP contribution in [0.5, 0.6) is 0 Å². The molecular weight excluding hydrogens is 552 g/mol. The molecule has 0 atom stereocenters. The number of aryl methyl sites for hydroxylation is 2. The van der Waals surface area contributed by atoms with Gasteiger partial charge < -0.3 is 8.83 Å². The molecule has 0 aliphatic rings. The number of nitrogens with zero attached hydrogens (tertiary/aromatic N) is 2. The van der Waals surface area contributed by atoms with Crippen molar-refractivity contribution < 1.29 is 13.4 Å². The second-order valence-corrected chi connectivity index (χ2v) is 13.0. The maximum absolute atomic E-state index is 6.84. The molecule has 0 unspecified atom stereocenters. The fraction of sp³-hybridized carbons (Fsp3) is 0.195. The van der Waals surface area contributed by atoms with Gasteiger partial charge in [0.2, 0.25) is 0 Å². The van der Waals surface area contributed by atoms with Gasteiger partial charge in [-0.15, -0.1) is 0 Å². The van der Waals surface area contributed by atoms with E-state index in [1.165, 1.54) is 22.4 Å². The molecule has 5 aromatic carbocycles. The number of benzene rings is 5. The number of hydrogen-bond donors (Lipinski definition) is 0. The molecule has 8 rings (SSSR count). The van der Waals surface area contributed by atoms with Gasteiger partial charge in [0.05, 0.1) is 7.05 Å². The van der Waals surface area contributed by atoms with Crippen LogP contribution in [0.4, 0.5) is 0 Å². The van der Waals surface area contributed by atoms with E-state index in [2.05, 4.69) is 142 Å². The van der Waals surface area contributed by atoms with Gasteiger partial charge in [0.25, 0.3) is 5.82 Å². The third-order valence-electron chi connectivity index (χ3n) is 9.37. The van der Waals surface area contributed by atoms with E-state index >= 15 is 0 Å². The summed E-state index contributed by atoms with van der Waals surface area (Å²) in [5, 5.41) is 4.52. The minimum Gasteiger partial charge on any atom is -0.456 e. The van der Waals surface area contributed by atoms with Crippen LogP contribution in [0, 0.1) is 6.92 Å². The third-order valence-corrected chi connectivity index (χ3v) is 9.37. The minimum absolute atomic E-state index is 0.388. The van der Waals surface area contributed by atoms with Gasteiger partial charge in [-0.25, -0.2) is 4.57 Å². The number of rotatable bonds is 5. The van der Waals surface area contributed by atoms with Crippen LogP contribution in [-0.2, 0) is 7.05 Å². The van der Waals surface area contributed by atoms with Crippen molar-refractivity contribution in [2.75, 3.05) is 0 Å². The topological polar surface area (TPSA) is 35.1 Å². The number of para-hydroxylation sites is 2. The Morgan fingerprint density at radius 3 is 1.91 bits per heavy atom. The lowest BCUT2D eigenvalue weighted by Crippen LogP contribution is -2.29. The number of furan rings is 2. The van der Waals surface area contributed by atoms with Crippen LogP contribution in [0.3, 0.4) is 0 Å². The smallest absolute Gasteiger partial charge is 0.297 e. The van der Waals surface area contributed by atoms with Crippen molar-refractivity contribution in [3.05, 3.63) is 120 Å². The average Bonchev–Trinajstić information content (AvgIpc) is 3.72. The summed E-state index contributed by atoms with van der Waals surface area (Å²) in [4.78, 5) is 0. The Morgan fingerprint density at radius 1 is 0.622 bits per heavy atom. The van der Waals surface area contributed by atoms with E-state index in [0.29, 0.717) is 11.8 Å². The molecule has 0 bridgehead atoms. The highest BCUT2D eigenvalue weighted by molar-refractivity contribution is 6.11. The van der Waals surface area contributed by atoms with Crippen molar-refractivity contribution in [2.24, 2.45) is 7.05 Å². The van der Waals surface area contributed by atoms with Gasteiger partial charge in [-0.05, 0) is 65.8 Å². The van der Waals surface area contributed by atoms with Crippen molar-refractivity contribution >= 4 is 43.9 Å². The normalized spacial score (nSPS) is 12.2. The predicted octanol–water partition coefficient (Wildman–Crippen LogP) is 11.0. The third kappa shape index (κ3) is 4.23. The molecule has 0 radical (unpaired) electrons. The van der Waals surface area contributed by atoms with Crippen LogP contribution in [0.15, 0.2) is 112 Å². The first-order chi connectivity index (χ1) is 21.8. The van der Waals surface area contributed by atoms with E-state index in [4.69, 9.17) is 8.83 Å². The fourth-order valence-corrected chi connectivity index (χ4v) is 7.05. The van der Waals surface area contributed by atoms with Crippen molar-refractivity contribution in [1.29, 1.82) is 0 Å². The fourth-order valence-electron chi connectivity index (χ4n) is 7.05. The number of imidazole rings is 1. The van der Waals surface area contributed by atoms with Gasteiger partial charge in [0.1, 0.15) is 40.4 Å². The zero-order chi connectivity index (χ0) is 31.0. The summed E-state index contributed by atoms with van der Waals surface area (Å²) in [5.74, 6) is 1.89. The van der Waals surface area contributed by atoms with E-state index in [1.807, 2.05) is 12.1 Å². The first-order valence-corrected chi connectivity index (χ1v) is 15.9. The quantitative estimate of drug-likeness (QED) is 0.187. The van der Waals surface area contributed by atoms with E-state index in [9.17, 15) is 0 Å². The first-order valence-electron chi connectivity index (χ1n) is 15.9. The maximum atomic E-state index is 6.84. The molecule has 0 fully saturated rings. The SMILES string of the molecule is Cc1ccc2c(oc3cc(-c4ccc5c(c4)oc4ccccc45)ccc32)c1-c1n(-c2c(C(C)C)cccc2C(C)C)cc[n+]1C. The molecule has 0 saturated carbocycles. The number of fused-ring (bicyclic) bond motifs is 6. The molecule has 0 saturated heterocycles. The van der Waals surface area contributed by atoms with Crippen molar-refractivity contribution in [2.45, 2.75) is 46.5 Å². The molecular formula is C41H37N2O2+. The molecule has 8 aromatic rings. The summed E-state index contributed by atoms with van der Waals surface area (Å²) in [7, 11) is 2.13. The lowest BCUT2D eigenvalue weighted by atomic mass is 9.92. The monoisotopic (exact) mass is 589 g/mol. The average molecular weight is 590 g/mol. The second-order valence-electron chi connectivity index (χ2n) is 13.0. The number of aromatic nitrogens is 2. The van der Waals surface area contributed by atoms with Crippen molar-refractivity contribution in [1.82, 2.24) is 4.57 Å². The van der Waals surface area contributed by atoms with Gasteiger partial charge in [0, 0.05) is 32.7 Å². The van der Waals surface area contributed by atoms with Crippen molar-refractivity contribution in [3.8, 4) is 28.2 Å². The summed E-state index contributed by atoms with van der Waals surface area (Å²) < 4.78 is 17.6. The number of hydrogen-bond acceptors (Lipinski definition) is 2. The summed E-state index contributed by atoms with van der Waals surface area (Å²) in [5.41, 5.74) is 12.1. The zero-order valence-corrected chi connectivity index (χ0v) is 26.7. The van der Waals surface area contributed by atoms with Gasteiger partial charge in [-0.1, -0.05) is 88.4 Å². The molecule has 0 aliphatic carbocycles. The molecule has 0 N–H and O–H groups in total. The highest BCUT2D eigenvalue weighted by Gasteiger charge is 2.29. The van der Waals surface area contributed by atoms with Gasteiger partial charge >= 0.3 is 0 Å². The molecule has 4 nitrogen and oxygen atoms in total. The summed E-state index contributed by atoms with van der Waals surface area (Å²) in [6, 6.07) is 32.4. The van der Waals surface area contributed by atoms with E-state index < -0.39 is 0 Å². The Labute approximate surface area is 263 Å². The van der Waals surface area contributed by atoms with Gasteiger partial charge in [-0.2, -0.15) is 4.57 Å². The van der Waals surface area contributed by atoms with E-state index in [-0.39, 0.29) is 0 Å². The highest BCUT2D eigenvalue weighted by Crippen LogP contribution is 2.41. The van der Waals surface area contributed by atoms with Gasteiger partial charge in [0.15, 0.2) is 5.58 Å². The van der Waals surface area contributed by atoms with Crippen molar-refractivity contribution in [3.63, 3.8) is 0 Å². The van der Waals surface area contributed by atoms with E-state index in [1.54, 1.807) is 0 Å². The summed E-state index contributed by atoms with van der Waals surface area (Å²) in [6.07, 6.45) is 4.36. The predicted molar refractivity (Wildman–Crippen MR) is 185 cm³/mol. The van der Waals surface area contributed by atoms with Gasteiger partial charge in [-0.3, -0.25) is 0 Å². The zero-order valence-electron chi connectivity index (χ0n) is 26.7. The molecule has 3 aromatic heterocycles. The Morgan fingerprint density at radius 2 is 1.22 bits per heavy atom. The molecule has 3 heterocycles. The molecule has 0 spiro atoms. The summed E-state index contributed by atoms with van der Waals surface area (Å²) in [6.45, 7) is 11.3. The summed E-state index contributed by atoms with van der Waals surface area (Å²) >= 11 is 0. The molecule has 45 heavy (non-hydrogen) atoms. The Hall–Kier alpha value is -5.09. The Balaban J connectivity index is 1.32. The van der Waals surface area contributed by atoms with Crippen LogP contribution in [0.2, 0.25) is 0 Å². The first kappa shape index (κ1) is 27.5. The van der Waals surface area contributed by atoms with Crippen LogP contribution >= 0.6 is 0 Å². The second kappa shape index (κ2) is 10.2. The molecule has 0 amide bonds. The molecule has 0 aliphatic heterocycles. The van der Waals surface area contributed by atoms with E-state index in [0.717, 1.165) is 66.4 Å². The lowest BCUT2D eigenvalue weighted by Gasteiger charge is -2.18. The Kier molecular flexibility index (Phi) is 6.25. The lowest BCUT2D eigenvalue weighted by molar-refractivity contribution is -0.659. The van der Waals surface area contributed by atoms with Crippen LogP contribution in [0.1, 0.15) is 56.2 Å². The van der Waals surface area contributed by atoms with Crippen LogP contribution in [0.25, 0.3) is 72.1 Å². The standard InChI is InChI=1S/C41H37N2O2/c1-24(2)29-11-9-12-30(25(3)4)39(29)43-21-20-42(6)41(43)38-26(5)14-17-34-33-19-16-28(23-37(33)45-40(34)38)27-15-18-32-31-10-7-8-13-35(31)44-36(32)22-27/h7-25H,1-6H3/q+1. The largest absolute Gasteiger partial charge is 0.456 e. The highest BCUT2D eigenvalue weighted by atomic mass is 16.3. The molecule has 4 heteroatoms.